The van der Waals surface area contributed by atoms with E-state index in [4.69, 9.17) is 5.11 Å². The number of nitrogens with zero attached hydrogens (tertiary/aromatic N) is 1. The Bertz CT molecular complexity index is 1300. The highest BCUT2D eigenvalue weighted by molar-refractivity contribution is 6.01. The average Bonchev–Trinajstić information content (AvgIpc) is 3.38. The van der Waals surface area contributed by atoms with Gasteiger partial charge in [-0.2, -0.15) is 0 Å². The van der Waals surface area contributed by atoms with Gasteiger partial charge in [0, 0.05) is 24.5 Å². The first kappa shape index (κ1) is 19.4. The van der Waals surface area contributed by atoms with Crippen LogP contribution in [0.4, 0.5) is 0 Å². The second-order valence-electron chi connectivity index (χ2n) is 11.2. The fourth-order valence-corrected chi connectivity index (χ4v) is 8.53. The molecule has 2 N–H and O–H groups in total. The maximum Gasteiger partial charge on any atom is 0.335 e. The fourth-order valence-electron chi connectivity index (χ4n) is 8.53. The normalized spacial score (nSPS) is 33.2. The van der Waals surface area contributed by atoms with Crippen molar-refractivity contribution < 1.29 is 14.7 Å². The molecule has 0 aliphatic heterocycles. The molecule has 3 bridgehead atoms. The monoisotopic (exact) mass is 440 g/mol. The number of hydrogen-bond donors (Lipinski definition) is 2. The topological polar surface area (TPSA) is 70.8 Å². The Morgan fingerprint density at radius 3 is 2.64 bits per heavy atom. The summed E-state index contributed by atoms with van der Waals surface area (Å²) in [7, 11) is 0. The molecule has 0 saturated heterocycles. The van der Waals surface area contributed by atoms with Crippen LogP contribution >= 0.6 is 0 Å². The van der Waals surface area contributed by atoms with Gasteiger partial charge in [0.15, 0.2) is 0 Å². The summed E-state index contributed by atoms with van der Waals surface area (Å²) in [5.74, 6) is 1.83. The molecule has 2 heterocycles. The van der Waals surface area contributed by atoms with Gasteiger partial charge >= 0.3 is 5.97 Å². The molecule has 3 aromatic rings. The van der Waals surface area contributed by atoms with E-state index in [-0.39, 0.29) is 11.5 Å². The standard InChI is InChI=1S/C28H28N2O3/c31-25(29-16-27-11-18-8-17-9-22(14-27)28(27,12-17)13-18)23-2-1-7-30-15-21(10-24(23)30)19-3-5-20(6-4-19)26(32)33/h1-7,10,15,17-18,22H,8-9,11-14,16H2,(H,29,31)(H,32,33). The maximum absolute atomic E-state index is 13.3. The van der Waals surface area contributed by atoms with Gasteiger partial charge in [0.05, 0.1) is 16.6 Å². The number of carbonyl (C=O) groups excluding carboxylic acids is 1. The quantitative estimate of drug-likeness (QED) is 0.569. The van der Waals surface area contributed by atoms with Gasteiger partial charge in [-0.25, -0.2) is 4.79 Å². The average molecular weight is 441 g/mol. The third-order valence-electron chi connectivity index (χ3n) is 9.68. The van der Waals surface area contributed by atoms with E-state index < -0.39 is 5.97 Å². The highest BCUT2D eigenvalue weighted by Gasteiger charge is 2.73. The molecule has 0 radical (unpaired) electrons. The molecule has 5 heteroatoms. The maximum atomic E-state index is 13.3. The predicted octanol–water partition coefficient (Wildman–Crippen LogP) is 5.25. The van der Waals surface area contributed by atoms with E-state index in [1.165, 1.54) is 38.5 Å². The third kappa shape index (κ3) is 2.59. The highest BCUT2D eigenvalue weighted by atomic mass is 16.4. The second kappa shape index (κ2) is 6.49. The first-order chi connectivity index (χ1) is 16.0. The molecule has 1 amide bonds. The Morgan fingerprint density at radius 2 is 1.82 bits per heavy atom. The van der Waals surface area contributed by atoms with Crippen molar-refractivity contribution in [2.45, 2.75) is 38.5 Å². The first-order valence-corrected chi connectivity index (χ1v) is 12.2. The van der Waals surface area contributed by atoms with Crippen molar-refractivity contribution in [1.82, 2.24) is 9.72 Å². The van der Waals surface area contributed by atoms with Crippen molar-refractivity contribution >= 4 is 17.4 Å². The van der Waals surface area contributed by atoms with Crippen LogP contribution in [-0.2, 0) is 0 Å². The number of nitrogens with one attached hydrogen (secondary N) is 1. The zero-order valence-electron chi connectivity index (χ0n) is 18.6. The highest BCUT2D eigenvalue weighted by Crippen LogP contribution is 2.81. The van der Waals surface area contributed by atoms with Crippen LogP contribution in [0, 0.1) is 28.6 Å². The molecule has 4 aliphatic carbocycles. The van der Waals surface area contributed by atoms with Crippen molar-refractivity contribution in [2.75, 3.05) is 6.54 Å². The number of aromatic carboxylic acids is 1. The molecule has 4 fully saturated rings. The Kier molecular flexibility index (Phi) is 3.82. The van der Waals surface area contributed by atoms with Gasteiger partial charge < -0.3 is 14.8 Å². The van der Waals surface area contributed by atoms with E-state index >= 15 is 0 Å². The second-order valence-corrected chi connectivity index (χ2v) is 11.2. The summed E-state index contributed by atoms with van der Waals surface area (Å²) in [6, 6.07) is 12.7. The number of carbonyl (C=O) groups is 2. The lowest BCUT2D eigenvalue weighted by atomic mass is 9.46. The molecule has 5 atom stereocenters. The number of pyridine rings is 1. The molecule has 168 valence electrons. The summed E-state index contributed by atoms with van der Waals surface area (Å²) in [6.07, 6.45) is 12.2. The largest absolute Gasteiger partial charge is 0.478 e. The van der Waals surface area contributed by atoms with Crippen LogP contribution in [-0.4, -0.2) is 27.9 Å². The number of hydrogen-bond acceptors (Lipinski definition) is 2. The minimum absolute atomic E-state index is 0.0108. The summed E-state index contributed by atoms with van der Waals surface area (Å²) in [5, 5.41) is 12.5. The zero-order valence-corrected chi connectivity index (χ0v) is 18.6. The van der Waals surface area contributed by atoms with Crippen LogP contribution in [0.1, 0.15) is 59.2 Å². The van der Waals surface area contributed by atoms with Crippen LogP contribution in [0.2, 0.25) is 0 Å². The molecular weight excluding hydrogens is 412 g/mol. The molecule has 5 unspecified atom stereocenters. The Morgan fingerprint density at radius 1 is 1.00 bits per heavy atom. The van der Waals surface area contributed by atoms with Crippen LogP contribution in [0.3, 0.4) is 0 Å². The number of carboxylic acids is 1. The van der Waals surface area contributed by atoms with Crippen molar-refractivity contribution in [3.05, 3.63) is 66.0 Å². The van der Waals surface area contributed by atoms with Crippen molar-refractivity contribution in [2.24, 2.45) is 28.6 Å². The smallest absolute Gasteiger partial charge is 0.335 e. The zero-order chi connectivity index (χ0) is 22.4. The van der Waals surface area contributed by atoms with Crippen molar-refractivity contribution in [1.29, 1.82) is 0 Å². The number of benzene rings is 1. The minimum Gasteiger partial charge on any atom is -0.478 e. The van der Waals surface area contributed by atoms with E-state index in [9.17, 15) is 9.59 Å². The number of aromatic nitrogens is 1. The summed E-state index contributed by atoms with van der Waals surface area (Å²) < 4.78 is 1.98. The van der Waals surface area contributed by atoms with E-state index in [1.807, 2.05) is 47.1 Å². The third-order valence-corrected chi connectivity index (χ3v) is 9.68. The van der Waals surface area contributed by atoms with Crippen LogP contribution in [0.15, 0.2) is 54.9 Å². The fraction of sp³-hybridized carbons (Fsp3) is 0.429. The molecule has 2 aromatic heterocycles. The van der Waals surface area contributed by atoms with Crippen LogP contribution in [0.5, 0.6) is 0 Å². The summed E-state index contributed by atoms with van der Waals surface area (Å²) in [5.41, 5.74) is 4.61. The molecule has 4 saturated carbocycles. The SMILES string of the molecule is O=C(O)c1ccc(-c2cc3c(C(=O)NCC45CC6CC7CC(C4)C5(C7)C6)cccn3c2)cc1. The van der Waals surface area contributed by atoms with Crippen molar-refractivity contribution in [3.8, 4) is 11.1 Å². The van der Waals surface area contributed by atoms with Gasteiger partial charge in [-0.05, 0) is 103 Å². The predicted molar refractivity (Wildman–Crippen MR) is 125 cm³/mol. The van der Waals surface area contributed by atoms with Crippen LogP contribution in [0.25, 0.3) is 16.6 Å². The van der Waals surface area contributed by atoms with Crippen molar-refractivity contribution in [3.63, 3.8) is 0 Å². The Hall–Kier alpha value is -3.08. The molecule has 5 nitrogen and oxygen atoms in total. The lowest BCUT2D eigenvalue weighted by Gasteiger charge is -2.59. The summed E-state index contributed by atoms with van der Waals surface area (Å²) in [6.45, 7) is 0.816. The van der Waals surface area contributed by atoms with E-state index in [0.29, 0.717) is 16.4 Å². The molecule has 7 rings (SSSR count). The Balaban J connectivity index is 1.14. The van der Waals surface area contributed by atoms with Gasteiger partial charge in [0.2, 0.25) is 0 Å². The van der Waals surface area contributed by atoms with E-state index in [1.54, 1.807) is 12.1 Å². The lowest BCUT2D eigenvalue weighted by Crippen LogP contribution is -2.57. The van der Waals surface area contributed by atoms with Gasteiger partial charge in [-0.15, -0.1) is 0 Å². The summed E-state index contributed by atoms with van der Waals surface area (Å²) >= 11 is 0. The molecule has 33 heavy (non-hydrogen) atoms. The number of fused-ring (bicyclic) bond motifs is 3. The van der Waals surface area contributed by atoms with E-state index in [2.05, 4.69) is 5.32 Å². The molecule has 1 spiro atoms. The van der Waals surface area contributed by atoms with E-state index in [0.717, 1.165) is 40.9 Å². The Labute approximate surface area is 192 Å². The van der Waals surface area contributed by atoms with Gasteiger partial charge in [-0.1, -0.05) is 12.1 Å². The number of rotatable bonds is 5. The lowest BCUT2D eigenvalue weighted by molar-refractivity contribution is -0.0960. The molecular formula is C28H28N2O3. The first-order valence-electron chi connectivity index (χ1n) is 12.2. The molecule has 4 aliphatic rings. The van der Waals surface area contributed by atoms with Gasteiger partial charge in [0.25, 0.3) is 5.91 Å². The number of carboxylic acid groups (broad SMARTS) is 1. The summed E-state index contributed by atoms with van der Waals surface area (Å²) in [4.78, 5) is 24.5. The van der Waals surface area contributed by atoms with Crippen LogP contribution < -0.4 is 5.32 Å². The number of amides is 1. The minimum atomic E-state index is -0.932. The molecule has 1 aromatic carbocycles. The van der Waals surface area contributed by atoms with Gasteiger partial charge in [0.1, 0.15) is 0 Å². The van der Waals surface area contributed by atoms with Gasteiger partial charge in [-0.3, -0.25) is 4.79 Å².